The highest BCUT2D eigenvalue weighted by Crippen LogP contribution is 2.41. The Bertz CT molecular complexity index is 755. The van der Waals surface area contributed by atoms with Crippen molar-refractivity contribution in [3.63, 3.8) is 0 Å². The van der Waals surface area contributed by atoms with Crippen molar-refractivity contribution in [2.45, 2.75) is 38.5 Å². The van der Waals surface area contributed by atoms with Crippen LogP contribution >= 0.6 is 0 Å². The van der Waals surface area contributed by atoms with E-state index < -0.39 is 17.6 Å². The molecule has 25 heavy (non-hydrogen) atoms. The number of hydrogen-bond acceptors (Lipinski definition) is 4. The minimum atomic E-state index is -1.41. The summed E-state index contributed by atoms with van der Waals surface area (Å²) in [6, 6.07) is 11.0. The number of nitrogens with zero attached hydrogens (tertiary/aromatic N) is 2. The smallest absolute Gasteiger partial charge is 0.408 e. The summed E-state index contributed by atoms with van der Waals surface area (Å²) in [7, 11) is 0. The molecule has 2 aromatic rings. The van der Waals surface area contributed by atoms with Gasteiger partial charge in [0, 0.05) is 6.20 Å². The van der Waals surface area contributed by atoms with Gasteiger partial charge in [0.2, 0.25) is 0 Å². The van der Waals surface area contributed by atoms with Gasteiger partial charge in [-0.05, 0) is 37.3 Å². The molecule has 7 nitrogen and oxygen atoms in total. The van der Waals surface area contributed by atoms with Crippen LogP contribution in [0, 0.1) is 12.8 Å². The molecule has 3 rings (SSSR count). The molecule has 0 aliphatic heterocycles. The summed E-state index contributed by atoms with van der Waals surface area (Å²) < 4.78 is 6.77. The van der Waals surface area contributed by atoms with Gasteiger partial charge in [-0.2, -0.15) is 5.10 Å². The van der Waals surface area contributed by atoms with Gasteiger partial charge in [-0.15, -0.1) is 0 Å². The molecule has 1 aliphatic carbocycles. The van der Waals surface area contributed by atoms with E-state index in [4.69, 9.17) is 4.74 Å². The zero-order chi connectivity index (χ0) is 17.9. The maximum absolute atomic E-state index is 12.2. The molecule has 7 heteroatoms. The highest BCUT2D eigenvalue weighted by molar-refractivity contribution is 5.85. The number of carbonyl (C=O) groups is 2. The summed E-state index contributed by atoms with van der Waals surface area (Å²) in [4.78, 5) is 24.3. The number of carbonyl (C=O) groups excluding carboxylic acids is 1. The molecule has 1 fully saturated rings. The molecule has 0 saturated heterocycles. The second-order valence-corrected chi connectivity index (χ2v) is 6.39. The summed E-state index contributed by atoms with van der Waals surface area (Å²) >= 11 is 0. The van der Waals surface area contributed by atoms with Crippen LogP contribution in [0.1, 0.15) is 24.1 Å². The van der Waals surface area contributed by atoms with Crippen molar-refractivity contribution < 1.29 is 19.4 Å². The van der Waals surface area contributed by atoms with E-state index >= 15 is 0 Å². The first-order chi connectivity index (χ1) is 12.0. The largest absolute Gasteiger partial charge is 0.479 e. The van der Waals surface area contributed by atoms with E-state index in [1.165, 1.54) is 0 Å². The van der Waals surface area contributed by atoms with Crippen LogP contribution in [0.15, 0.2) is 42.6 Å². The van der Waals surface area contributed by atoms with Gasteiger partial charge in [0.15, 0.2) is 5.54 Å². The van der Waals surface area contributed by atoms with Crippen molar-refractivity contribution in [3.8, 4) is 0 Å². The number of rotatable bonds is 7. The number of benzene rings is 1. The van der Waals surface area contributed by atoms with E-state index in [9.17, 15) is 14.7 Å². The first kappa shape index (κ1) is 17.0. The molecule has 132 valence electrons. The number of ether oxygens (including phenoxy) is 1. The average Bonchev–Trinajstić information content (AvgIpc) is 3.37. The van der Waals surface area contributed by atoms with E-state index in [0.717, 1.165) is 24.1 Å². The molecule has 1 aliphatic rings. The van der Waals surface area contributed by atoms with E-state index in [2.05, 4.69) is 10.4 Å². The van der Waals surface area contributed by atoms with Crippen LogP contribution in [0.3, 0.4) is 0 Å². The lowest BCUT2D eigenvalue weighted by Gasteiger charge is -2.30. The third kappa shape index (κ3) is 3.99. The number of carboxylic acids is 1. The zero-order valence-corrected chi connectivity index (χ0v) is 14.0. The number of aryl methyl sites for hydroxylation is 1. The predicted molar refractivity (Wildman–Crippen MR) is 89.8 cm³/mol. The topological polar surface area (TPSA) is 93.5 Å². The summed E-state index contributed by atoms with van der Waals surface area (Å²) in [6.45, 7) is 1.99. The number of nitrogens with one attached hydrogen (secondary N) is 1. The summed E-state index contributed by atoms with van der Waals surface area (Å²) in [5.41, 5.74) is 0.223. The minimum Gasteiger partial charge on any atom is -0.479 e. The molecule has 2 N–H and O–H groups in total. The van der Waals surface area contributed by atoms with Crippen LogP contribution in [0.25, 0.3) is 0 Å². The van der Waals surface area contributed by atoms with Crippen LogP contribution in [-0.4, -0.2) is 32.5 Å². The van der Waals surface area contributed by atoms with Gasteiger partial charge in [0.05, 0.1) is 12.2 Å². The number of amides is 1. The van der Waals surface area contributed by atoms with E-state index in [0.29, 0.717) is 0 Å². The Kier molecular flexibility index (Phi) is 4.74. The molecule has 1 aromatic heterocycles. The molecule has 0 radical (unpaired) electrons. The molecule has 1 amide bonds. The maximum Gasteiger partial charge on any atom is 0.408 e. The SMILES string of the molecule is Cc1ccn(CC(NC(=O)OCc2ccccc2)(C(=O)O)C2CC2)n1. The van der Waals surface area contributed by atoms with Gasteiger partial charge in [0.1, 0.15) is 6.61 Å². The van der Waals surface area contributed by atoms with Gasteiger partial charge < -0.3 is 15.2 Å². The Hall–Kier alpha value is -2.83. The van der Waals surface area contributed by atoms with Crippen LogP contribution in [0.5, 0.6) is 0 Å². The second kappa shape index (κ2) is 6.96. The van der Waals surface area contributed by atoms with Crippen molar-refractivity contribution in [2.24, 2.45) is 5.92 Å². The Morgan fingerprint density at radius 2 is 2.04 bits per heavy atom. The predicted octanol–water partition coefficient (Wildman–Crippen LogP) is 2.35. The van der Waals surface area contributed by atoms with E-state index in [-0.39, 0.29) is 19.1 Å². The van der Waals surface area contributed by atoms with Crippen LogP contribution in [-0.2, 0) is 22.7 Å². The molecule has 1 heterocycles. The molecule has 0 spiro atoms. The standard InChI is InChI=1S/C18H21N3O4/c1-13-9-10-21(20-13)12-18(16(22)23,15-7-8-15)19-17(24)25-11-14-5-3-2-4-6-14/h2-6,9-10,15H,7-8,11-12H2,1H3,(H,19,24)(H,22,23). The highest BCUT2D eigenvalue weighted by Gasteiger charge is 2.53. The average molecular weight is 343 g/mol. The number of carboxylic acid groups (broad SMARTS) is 1. The second-order valence-electron chi connectivity index (χ2n) is 6.39. The van der Waals surface area contributed by atoms with Crippen molar-refractivity contribution in [2.75, 3.05) is 0 Å². The fourth-order valence-electron chi connectivity index (χ4n) is 2.89. The number of aromatic nitrogens is 2. The molecule has 1 unspecified atom stereocenters. The van der Waals surface area contributed by atoms with Gasteiger partial charge in [-0.1, -0.05) is 30.3 Å². The third-order valence-corrected chi connectivity index (χ3v) is 4.38. The Morgan fingerprint density at radius 3 is 2.60 bits per heavy atom. The van der Waals surface area contributed by atoms with Crippen LogP contribution < -0.4 is 5.32 Å². The van der Waals surface area contributed by atoms with E-state index in [1.54, 1.807) is 16.9 Å². The molecular weight excluding hydrogens is 322 g/mol. The van der Waals surface area contributed by atoms with Crippen molar-refractivity contribution >= 4 is 12.1 Å². The van der Waals surface area contributed by atoms with Gasteiger partial charge in [-0.25, -0.2) is 9.59 Å². The lowest BCUT2D eigenvalue weighted by atomic mass is 9.93. The molecular formula is C18H21N3O4. The molecule has 1 saturated carbocycles. The van der Waals surface area contributed by atoms with Gasteiger partial charge in [0.25, 0.3) is 0 Å². The zero-order valence-electron chi connectivity index (χ0n) is 14.0. The summed E-state index contributed by atoms with van der Waals surface area (Å²) in [5.74, 6) is -1.20. The third-order valence-electron chi connectivity index (χ3n) is 4.38. The number of aliphatic carboxylic acids is 1. The summed E-state index contributed by atoms with van der Waals surface area (Å²) in [5, 5.41) is 16.7. The van der Waals surface area contributed by atoms with Gasteiger partial charge >= 0.3 is 12.1 Å². The van der Waals surface area contributed by atoms with Crippen LogP contribution in [0.2, 0.25) is 0 Å². The van der Waals surface area contributed by atoms with Crippen molar-refractivity contribution in [1.29, 1.82) is 0 Å². The Morgan fingerprint density at radius 1 is 1.32 bits per heavy atom. The monoisotopic (exact) mass is 343 g/mol. The maximum atomic E-state index is 12.2. The van der Waals surface area contributed by atoms with E-state index in [1.807, 2.05) is 37.3 Å². The molecule has 1 aromatic carbocycles. The Balaban J connectivity index is 1.71. The molecule has 1 atom stereocenters. The number of alkyl carbamates (subject to hydrolysis) is 1. The lowest BCUT2D eigenvalue weighted by molar-refractivity contribution is -0.146. The highest BCUT2D eigenvalue weighted by atomic mass is 16.5. The lowest BCUT2D eigenvalue weighted by Crippen LogP contribution is -2.59. The summed E-state index contributed by atoms with van der Waals surface area (Å²) in [6.07, 6.45) is 2.49. The number of hydrogen-bond donors (Lipinski definition) is 2. The van der Waals surface area contributed by atoms with Crippen molar-refractivity contribution in [1.82, 2.24) is 15.1 Å². The van der Waals surface area contributed by atoms with Gasteiger partial charge in [-0.3, -0.25) is 4.68 Å². The van der Waals surface area contributed by atoms with Crippen molar-refractivity contribution in [3.05, 3.63) is 53.9 Å². The molecule has 0 bridgehead atoms. The normalized spacial score (nSPS) is 16.0. The van der Waals surface area contributed by atoms with Crippen LogP contribution in [0.4, 0.5) is 4.79 Å². The quantitative estimate of drug-likeness (QED) is 0.805. The Labute approximate surface area is 145 Å². The first-order valence-corrected chi connectivity index (χ1v) is 8.22. The fourth-order valence-corrected chi connectivity index (χ4v) is 2.89. The fraction of sp³-hybridized carbons (Fsp3) is 0.389. The minimum absolute atomic E-state index is 0.0707. The first-order valence-electron chi connectivity index (χ1n) is 8.22.